The van der Waals surface area contributed by atoms with E-state index in [1.54, 1.807) is 32.4 Å². The van der Waals surface area contributed by atoms with E-state index in [9.17, 15) is 4.79 Å². The molecular formula is C31H26N8O. The molecule has 196 valence electrons. The van der Waals surface area contributed by atoms with Gasteiger partial charge in [0, 0.05) is 36.4 Å². The Morgan fingerprint density at radius 1 is 1.02 bits per heavy atom. The number of para-hydroxylation sites is 1. The minimum Gasteiger partial charge on any atom is -0.375 e. The number of aromatic nitrogens is 7. The summed E-state index contributed by atoms with van der Waals surface area (Å²) in [5.41, 5.74) is 5.52. The summed E-state index contributed by atoms with van der Waals surface area (Å²) in [6, 6.07) is 16.5. The molecule has 1 unspecified atom stereocenters. The monoisotopic (exact) mass is 526 g/mol. The normalized spacial score (nSPS) is 11.8. The van der Waals surface area contributed by atoms with Gasteiger partial charge in [-0.25, -0.2) is 14.5 Å². The van der Waals surface area contributed by atoms with Crippen molar-refractivity contribution in [2.75, 3.05) is 0 Å². The van der Waals surface area contributed by atoms with E-state index in [0.717, 1.165) is 16.8 Å². The van der Waals surface area contributed by atoms with Crippen molar-refractivity contribution in [3.05, 3.63) is 125 Å². The minimum absolute atomic E-state index is 0.199. The van der Waals surface area contributed by atoms with Crippen LogP contribution in [0, 0.1) is 18.8 Å². The highest BCUT2D eigenvalue weighted by Crippen LogP contribution is 2.23. The highest BCUT2D eigenvalue weighted by molar-refractivity contribution is 5.85. The van der Waals surface area contributed by atoms with Crippen molar-refractivity contribution >= 4 is 22.2 Å². The number of benzene rings is 2. The molecule has 9 heteroatoms. The fourth-order valence-electron chi connectivity index (χ4n) is 4.72. The van der Waals surface area contributed by atoms with Crippen molar-refractivity contribution < 1.29 is 0 Å². The quantitative estimate of drug-likeness (QED) is 0.339. The Hall–Kier alpha value is -5.49. The third kappa shape index (κ3) is 4.41. The summed E-state index contributed by atoms with van der Waals surface area (Å²) in [5, 5.41) is 12.5. The van der Waals surface area contributed by atoms with Gasteiger partial charge in [0.05, 0.1) is 46.2 Å². The predicted octanol–water partition coefficient (Wildman–Crippen LogP) is 4.19. The second-order valence-electron chi connectivity index (χ2n) is 9.52. The summed E-state index contributed by atoms with van der Waals surface area (Å²) < 4.78 is 5.10. The van der Waals surface area contributed by atoms with Crippen LogP contribution in [-0.4, -0.2) is 33.9 Å². The molecule has 9 nitrogen and oxygen atoms in total. The van der Waals surface area contributed by atoms with Crippen LogP contribution in [0.1, 0.15) is 41.2 Å². The molecule has 1 atom stereocenters. The summed E-state index contributed by atoms with van der Waals surface area (Å²) in [6.45, 7) is 8.18. The first-order valence-electron chi connectivity index (χ1n) is 12.8. The predicted molar refractivity (Wildman–Crippen MR) is 155 cm³/mol. The Bertz CT molecular complexity index is 2020. The standard InChI is InChI=1S/C31H26N8O/c1-20-15-16-32-30-26(18-34-39(20)30)21(2)35-22(3)29-36-27-12-8-9-24(14-13-23-17-33-37(4)19-23)28(27)31(40)38(29)25-10-6-5-7-11-25/h5-12,15-19,22,35H,2H2,1,3-4H3. The van der Waals surface area contributed by atoms with Crippen LogP contribution in [0.4, 0.5) is 0 Å². The summed E-state index contributed by atoms with van der Waals surface area (Å²) in [6.07, 6.45) is 7.01. The SMILES string of the molecule is C=C(NC(C)c1nc2cccc(C#Cc3cnn(C)c3)c2c(=O)n1-c1ccccc1)c1cnn2c(C)ccnc12. The second kappa shape index (κ2) is 10.0. The molecule has 0 bridgehead atoms. The number of nitrogens with zero attached hydrogens (tertiary/aromatic N) is 7. The van der Waals surface area contributed by atoms with E-state index in [2.05, 4.69) is 38.9 Å². The molecule has 0 aliphatic heterocycles. The number of hydrogen-bond acceptors (Lipinski definition) is 6. The van der Waals surface area contributed by atoms with Crippen molar-refractivity contribution in [2.24, 2.45) is 7.05 Å². The first-order chi connectivity index (χ1) is 19.4. The molecule has 4 heterocycles. The van der Waals surface area contributed by atoms with Crippen LogP contribution >= 0.6 is 0 Å². The van der Waals surface area contributed by atoms with Gasteiger partial charge in [0.1, 0.15) is 5.82 Å². The zero-order chi connectivity index (χ0) is 27.8. The van der Waals surface area contributed by atoms with Gasteiger partial charge in [0.25, 0.3) is 5.56 Å². The van der Waals surface area contributed by atoms with E-state index in [-0.39, 0.29) is 11.6 Å². The van der Waals surface area contributed by atoms with Crippen LogP contribution in [-0.2, 0) is 7.05 Å². The van der Waals surface area contributed by atoms with E-state index in [4.69, 9.17) is 4.98 Å². The van der Waals surface area contributed by atoms with Gasteiger partial charge >= 0.3 is 0 Å². The minimum atomic E-state index is -0.380. The van der Waals surface area contributed by atoms with Crippen LogP contribution in [0.15, 0.2) is 90.8 Å². The number of rotatable bonds is 5. The zero-order valence-electron chi connectivity index (χ0n) is 22.3. The van der Waals surface area contributed by atoms with E-state index >= 15 is 0 Å². The lowest BCUT2D eigenvalue weighted by Gasteiger charge is -2.21. The average Bonchev–Trinajstić information content (AvgIpc) is 3.59. The van der Waals surface area contributed by atoms with Gasteiger partial charge in [-0.2, -0.15) is 10.2 Å². The molecule has 0 aliphatic rings. The topological polar surface area (TPSA) is 94.9 Å². The first-order valence-corrected chi connectivity index (χ1v) is 12.8. The molecule has 1 N–H and O–H groups in total. The molecule has 0 radical (unpaired) electrons. The molecule has 0 spiro atoms. The molecule has 0 fully saturated rings. The second-order valence-corrected chi connectivity index (χ2v) is 9.52. The van der Waals surface area contributed by atoms with Gasteiger partial charge in [-0.15, -0.1) is 0 Å². The molecular weight excluding hydrogens is 500 g/mol. The maximum absolute atomic E-state index is 14.2. The largest absolute Gasteiger partial charge is 0.375 e. The van der Waals surface area contributed by atoms with Crippen LogP contribution in [0.3, 0.4) is 0 Å². The van der Waals surface area contributed by atoms with Crippen LogP contribution < -0.4 is 10.9 Å². The Morgan fingerprint density at radius 2 is 1.85 bits per heavy atom. The number of aryl methyl sites for hydroxylation is 2. The Kier molecular flexibility index (Phi) is 6.21. The summed E-state index contributed by atoms with van der Waals surface area (Å²) in [5.74, 6) is 6.81. The third-order valence-corrected chi connectivity index (χ3v) is 6.68. The van der Waals surface area contributed by atoms with Crippen LogP contribution in [0.25, 0.3) is 27.9 Å². The molecule has 0 saturated heterocycles. The molecule has 0 saturated carbocycles. The van der Waals surface area contributed by atoms with Gasteiger partial charge in [0.15, 0.2) is 5.65 Å². The van der Waals surface area contributed by atoms with Crippen molar-refractivity contribution in [1.82, 2.24) is 39.2 Å². The van der Waals surface area contributed by atoms with Gasteiger partial charge < -0.3 is 5.32 Å². The van der Waals surface area contributed by atoms with E-state index in [1.165, 1.54) is 0 Å². The van der Waals surface area contributed by atoms with Crippen LogP contribution in [0.5, 0.6) is 0 Å². The van der Waals surface area contributed by atoms with Crippen LogP contribution in [0.2, 0.25) is 0 Å². The molecule has 6 aromatic rings. The number of nitrogens with one attached hydrogen (secondary N) is 1. The first kappa shape index (κ1) is 24.8. The van der Waals surface area contributed by atoms with Crippen molar-refractivity contribution in [1.29, 1.82) is 0 Å². The Labute approximate surface area is 230 Å². The molecule has 0 aliphatic carbocycles. The Morgan fingerprint density at radius 3 is 2.62 bits per heavy atom. The molecule has 6 rings (SSSR count). The molecule has 4 aromatic heterocycles. The van der Waals surface area contributed by atoms with Gasteiger partial charge in [-0.05, 0) is 44.2 Å². The third-order valence-electron chi connectivity index (χ3n) is 6.68. The Balaban J connectivity index is 1.46. The summed E-state index contributed by atoms with van der Waals surface area (Å²) in [7, 11) is 1.84. The maximum atomic E-state index is 14.2. The van der Waals surface area contributed by atoms with E-state index in [0.29, 0.717) is 39.3 Å². The number of hydrogen-bond donors (Lipinski definition) is 1. The number of fused-ring (bicyclic) bond motifs is 2. The lowest BCUT2D eigenvalue weighted by Crippen LogP contribution is -2.30. The molecule has 2 aromatic carbocycles. The fourth-order valence-corrected chi connectivity index (χ4v) is 4.72. The highest BCUT2D eigenvalue weighted by atomic mass is 16.1. The fraction of sp³-hybridized carbons (Fsp3) is 0.129. The van der Waals surface area contributed by atoms with Gasteiger partial charge in [-0.1, -0.05) is 42.7 Å². The van der Waals surface area contributed by atoms with Crippen molar-refractivity contribution in [3.8, 4) is 17.5 Å². The molecule has 40 heavy (non-hydrogen) atoms. The van der Waals surface area contributed by atoms with Crippen molar-refractivity contribution in [3.63, 3.8) is 0 Å². The lowest BCUT2D eigenvalue weighted by atomic mass is 10.1. The van der Waals surface area contributed by atoms with E-state index < -0.39 is 0 Å². The zero-order valence-corrected chi connectivity index (χ0v) is 22.3. The maximum Gasteiger partial charge on any atom is 0.267 e. The lowest BCUT2D eigenvalue weighted by molar-refractivity contribution is 0.624. The van der Waals surface area contributed by atoms with Gasteiger partial charge in [0.2, 0.25) is 0 Å². The average molecular weight is 527 g/mol. The van der Waals surface area contributed by atoms with E-state index in [1.807, 2.05) is 81.7 Å². The highest BCUT2D eigenvalue weighted by Gasteiger charge is 2.21. The van der Waals surface area contributed by atoms with Crippen molar-refractivity contribution in [2.45, 2.75) is 19.9 Å². The summed E-state index contributed by atoms with van der Waals surface area (Å²) in [4.78, 5) is 23.6. The van der Waals surface area contributed by atoms with Gasteiger partial charge in [-0.3, -0.25) is 14.0 Å². The summed E-state index contributed by atoms with van der Waals surface area (Å²) >= 11 is 0. The smallest absolute Gasteiger partial charge is 0.267 e. The molecule has 0 amide bonds.